The molecule has 0 saturated carbocycles. The van der Waals surface area contributed by atoms with Crippen LogP contribution in [0.4, 0.5) is 5.69 Å². The first-order valence-electron chi connectivity index (χ1n) is 4.82. The predicted molar refractivity (Wildman–Crippen MR) is 56.1 cm³/mol. The Labute approximate surface area is 83.5 Å². The molecule has 3 heteroatoms. The van der Waals surface area contributed by atoms with Gasteiger partial charge in [-0.1, -0.05) is 18.2 Å². The molecule has 1 aliphatic rings. The number of para-hydroxylation sites is 1. The molecule has 0 aromatic heterocycles. The van der Waals surface area contributed by atoms with Gasteiger partial charge in [-0.3, -0.25) is 4.79 Å². The van der Waals surface area contributed by atoms with Crippen molar-refractivity contribution in [3.63, 3.8) is 0 Å². The van der Waals surface area contributed by atoms with Gasteiger partial charge in [-0.15, -0.1) is 0 Å². The zero-order valence-electron chi connectivity index (χ0n) is 8.23. The molecule has 1 aromatic carbocycles. The number of hydrogen-bond acceptors (Lipinski definition) is 2. The van der Waals surface area contributed by atoms with Gasteiger partial charge in [0.15, 0.2) is 0 Å². The number of hydrogen-bond donors (Lipinski definition) is 1. The van der Waals surface area contributed by atoms with Gasteiger partial charge in [-0.05, 0) is 18.6 Å². The van der Waals surface area contributed by atoms with Crippen LogP contribution in [0.2, 0.25) is 0 Å². The lowest BCUT2D eigenvalue weighted by atomic mass is 10.2. The van der Waals surface area contributed by atoms with Crippen molar-refractivity contribution in [2.45, 2.75) is 19.4 Å². The van der Waals surface area contributed by atoms with Gasteiger partial charge >= 0.3 is 0 Å². The summed E-state index contributed by atoms with van der Waals surface area (Å²) >= 11 is 0. The molecule has 14 heavy (non-hydrogen) atoms. The predicted octanol–water partition coefficient (Wildman–Crippen LogP) is 0.923. The Balaban J connectivity index is 2.30. The summed E-state index contributed by atoms with van der Waals surface area (Å²) in [7, 11) is 0. The molecule has 1 amide bonds. The fourth-order valence-electron chi connectivity index (χ4n) is 1.80. The van der Waals surface area contributed by atoms with Crippen molar-refractivity contribution in [2.24, 2.45) is 5.73 Å². The fraction of sp³-hybridized carbons (Fsp3) is 0.364. The molecule has 74 valence electrons. The van der Waals surface area contributed by atoms with Crippen LogP contribution in [0.15, 0.2) is 24.3 Å². The molecule has 2 N–H and O–H groups in total. The van der Waals surface area contributed by atoms with E-state index in [1.54, 1.807) is 4.90 Å². The molecule has 0 saturated heterocycles. The van der Waals surface area contributed by atoms with Crippen molar-refractivity contribution in [1.29, 1.82) is 0 Å². The van der Waals surface area contributed by atoms with Crippen LogP contribution in [-0.2, 0) is 11.2 Å². The first-order chi connectivity index (χ1) is 6.68. The first-order valence-corrected chi connectivity index (χ1v) is 4.82. The first kappa shape index (κ1) is 9.21. The lowest BCUT2D eigenvalue weighted by molar-refractivity contribution is -0.117. The van der Waals surface area contributed by atoms with Crippen molar-refractivity contribution in [3.8, 4) is 0 Å². The van der Waals surface area contributed by atoms with Gasteiger partial charge in [0.25, 0.3) is 0 Å². The second kappa shape index (κ2) is 3.42. The van der Waals surface area contributed by atoms with Crippen molar-refractivity contribution in [2.75, 3.05) is 11.4 Å². The SMILES string of the molecule is C[C@@H](N)CN1C(=O)Cc2ccccc21. The summed E-state index contributed by atoms with van der Waals surface area (Å²) in [6.45, 7) is 2.52. The quantitative estimate of drug-likeness (QED) is 0.753. The average molecular weight is 190 g/mol. The maximum atomic E-state index is 11.6. The van der Waals surface area contributed by atoms with Gasteiger partial charge in [-0.2, -0.15) is 0 Å². The summed E-state index contributed by atoms with van der Waals surface area (Å²) in [5, 5.41) is 0. The number of rotatable bonds is 2. The van der Waals surface area contributed by atoms with Gasteiger partial charge in [0.2, 0.25) is 5.91 Å². The zero-order chi connectivity index (χ0) is 10.1. The second-order valence-corrected chi connectivity index (χ2v) is 3.79. The molecule has 0 unspecified atom stereocenters. The van der Waals surface area contributed by atoms with E-state index in [4.69, 9.17) is 5.73 Å². The number of carbonyl (C=O) groups is 1. The minimum atomic E-state index is 0.0186. The third kappa shape index (κ3) is 1.51. The van der Waals surface area contributed by atoms with Crippen LogP contribution in [-0.4, -0.2) is 18.5 Å². The van der Waals surface area contributed by atoms with E-state index in [0.717, 1.165) is 11.3 Å². The lowest BCUT2D eigenvalue weighted by Gasteiger charge is -2.19. The van der Waals surface area contributed by atoms with Crippen LogP contribution in [0.5, 0.6) is 0 Å². The number of fused-ring (bicyclic) bond motifs is 1. The third-order valence-corrected chi connectivity index (χ3v) is 2.40. The Morgan fingerprint density at radius 1 is 1.50 bits per heavy atom. The summed E-state index contributed by atoms with van der Waals surface area (Å²) in [5.74, 6) is 0.156. The average Bonchev–Trinajstić information content (AvgIpc) is 2.43. The molecule has 1 aliphatic heterocycles. The van der Waals surface area contributed by atoms with Crippen LogP contribution in [0.25, 0.3) is 0 Å². The van der Waals surface area contributed by atoms with E-state index < -0.39 is 0 Å². The summed E-state index contributed by atoms with van der Waals surface area (Å²) in [6, 6.07) is 7.90. The smallest absolute Gasteiger partial charge is 0.231 e. The Bertz CT molecular complexity index is 360. The molecule has 0 radical (unpaired) electrons. The molecule has 0 fully saturated rings. The highest BCUT2D eigenvalue weighted by molar-refractivity contribution is 6.01. The fourth-order valence-corrected chi connectivity index (χ4v) is 1.80. The molecule has 1 heterocycles. The van der Waals surface area contributed by atoms with Gasteiger partial charge in [0.05, 0.1) is 6.42 Å². The minimum absolute atomic E-state index is 0.0186. The Kier molecular flexibility index (Phi) is 2.25. The highest BCUT2D eigenvalue weighted by Crippen LogP contribution is 2.27. The topological polar surface area (TPSA) is 46.3 Å². The molecule has 3 nitrogen and oxygen atoms in total. The maximum absolute atomic E-state index is 11.6. The van der Waals surface area contributed by atoms with E-state index in [-0.39, 0.29) is 11.9 Å². The van der Waals surface area contributed by atoms with Gasteiger partial charge in [0.1, 0.15) is 0 Å². The van der Waals surface area contributed by atoms with Gasteiger partial charge < -0.3 is 10.6 Å². The monoisotopic (exact) mass is 190 g/mol. The third-order valence-electron chi connectivity index (χ3n) is 2.40. The highest BCUT2D eigenvalue weighted by atomic mass is 16.2. The Hall–Kier alpha value is -1.35. The molecular weight excluding hydrogens is 176 g/mol. The maximum Gasteiger partial charge on any atom is 0.231 e. The number of carbonyl (C=O) groups excluding carboxylic acids is 1. The van der Waals surface area contributed by atoms with E-state index >= 15 is 0 Å². The number of benzene rings is 1. The van der Waals surface area contributed by atoms with E-state index in [1.807, 2.05) is 31.2 Å². The van der Waals surface area contributed by atoms with Crippen LogP contribution < -0.4 is 10.6 Å². The van der Waals surface area contributed by atoms with Crippen molar-refractivity contribution < 1.29 is 4.79 Å². The molecule has 1 aromatic rings. The van der Waals surface area contributed by atoms with E-state index in [9.17, 15) is 4.79 Å². The van der Waals surface area contributed by atoms with Crippen molar-refractivity contribution >= 4 is 11.6 Å². The van der Waals surface area contributed by atoms with Crippen LogP contribution in [0.3, 0.4) is 0 Å². The van der Waals surface area contributed by atoms with Crippen LogP contribution in [0.1, 0.15) is 12.5 Å². The van der Waals surface area contributed by atoms with E-state index in [0.29, 0.717) is 13.0 Å². The van der Waals surface area contributed by atoms with Crippen LogP contribution in [0, 0.1) is 0 Å². The van der Waals surface area contributed by atoms with E-state index in [1.165, 1.54) is 0 Å². The molecular formula is C11H14N2O. The second-order valence-electron chi connectivity index (χ2n) is 3.79. The van der Waals surface area contributed by atoms with Gasteiger partial charge in [-0.25, -0.2) is 0 Å². The Morgan fingerprint density at radius 3 is 2.93 bits per heavy atom. The lowest BCUT2D eigenvalue weighted by Crippen LogP contribution is -2.37. The molecule has 0 bridgehead atoms. The van der Waals surface area contributed by atoms with Crippen molar-refractivity contribution in [3.05, 3.63) is 29.8 Å². The van der Waals surface area contributed by atoms with Crippen molar-refractivity contribution in [1.82, 2.24) is 0 Å². The number of nitrogens with two attached hydrogens (primary N) is 1. The zero-order valence-corrected chi connectivity index (χ0v) is 8.23. The summed E-state index contributed by atoms with van der Waals surface area (Å²) in [5.41, 5.74) is 7.83. The van der Waals surface area contributed by atoms with Crippen LogP contribution >= 0.6 is 0 Å². The molecule has 0 spiro atoms. The number of nitrogens with zero attached hydrogens (tertiary/aromatic N) is 1. The summed E-state index contributed by atoms with van der Waals surface area (Å²) in [6.07, 6.45) is 0.517. The molecule has 0 aliphatic carbocycles. The highest BCUT2D eigenvalue weighted by Gasteiger charge is 2.26. The summed E-state index contributed by atoms with van der Waals surface area (Å²) < 4.78 is 0. The normalized spacial score (nSPS) is 17.0. The van der Waals surface area contributed by atoms with Gasteiger partial charge in [0, 0.05) is 18.3 Å². The molecule has 2 rings (SSSR count). The molecule has 1 atom stereocenters. The number of amides is 1. The number of anilines is 1. The Morgan fingerprint density at radius 2 is 2.21 bits per heavy atom. The summed E-state index contributed by atoms with van der Waals surface area (Å²) in [4.78, 5) is 13.4. The standard InChI is InChI=1S/C11H14N2O/c1-8(12)7-13-10-5-3-2-4-9(10)6-11(13)14/h2-5,8H,6-7,12H2,1H3/t8-/m1/s1. The minimum Gasteiger partial charge on any atom is -0.326 e. The van der Waals surface area contributed by atoms with E-state index in [2.05, 4.69) is 0 Å². The largest absolute Gasteiger partial charge is 0.326 e.